The van der Waals surface area contributed by atoms with Gasteiger partial charge < -0.3 is 13.9 Å². The molecule has 0 radical (unpaired) electrons. The van der Waals surface area contributed by atoms with E-state index in [9.17, 15) is 18.0 Å². The third-order valence-corrected chi connectivity index (χ3v) is 5.35. The van der Waals surface area contributed by atoms with Crippen molar-refractivity contribution in [1.29, 1.82) is 0 Å². The van der Waals surface area contributed by atoms with Gasteiger partial charge in [0.15, 0.2) is 5.65 Å². The van der Waals surface area contributed by atoms with Crippen molar-refractivity contribution in [3.05, 3.63) is 72.6 Å². The van der Waals surface area contributed by atoms with Crippen LogP contribution in [0.3, 0.4) is 0 Å². The van der Waals surface area contributed by atoms with E-state index in [0.717, 1.165) is 12.1 Å². The van der Waals surface area contributed by atoms with Crippen molar-refractivity contribution < 1.29 is 18.0 Å². The average Bonchev–Trinajstić information content (AvgIpc) is 3.37. The summed E-state index contributed by atoms with van der Waals surface area (Å²) in [6.07, 6.45) is 4.31. The number of aromatic nitrogens is 4. The van der Waals surface area contributed by atoms with Gasteiger partial charge in [0.25, 0.3) is 5.91 Å². The maximum Gasteiger partial charge on any atom is 0.416 e. The fraction of sp³-hybridized carbons (Fsp3) is 0.190. The molecule has 0 aliphatic carbocycles. The predicted octanol–water partition coefficient (Wildman–Crippen LogP) is 4.44. The van der Waals surface area contributed by atoms with Gasteiger partial charge in [0, 0.05) is 48.6 Å². The maximum atomic E-state index is 13.3. The summed E-state index contributed by atoms with van der Waals surface area (Å²) in [5.74, 6) is -0.277. The lowest BCUT2D eigenvalue weighted by Gasteiger charge is -2.33. The predicted molar refractivity (Wildman–Crippen MR) is 104 cm³/mol. The second kappa shape index (κ2) is 6.45. The normalized spacial score (nSPS) is 16.9. The Kier molecular flexibility index (Phi) is 3.96. The molecule has 0 spiro atoms. The first kappa shape index (κ1) is 18.4. The lowest BCUT2D eigenvalue weighted by atomic mass is 10.1. The average molecular weight is 411 g/mol. The van der Waals surface area contributed by atoms with Crippen LogP contribution in [0.2, 0.25) is 0 Å². The number of hydrogen-bond donors (Lipinski definition) is 0. The molecule has 4 heterocycles. The quantitative estimate of drug-likeness (QED) is 0.490. The number of carbonyl (C=O) groups excluding carboxylic acids is 1. The Bertz CT molecular complexity index is 1260. The summed E-state index contributed by atoms with van der Waals surface area (Å²) in [7, 11) is 0. The maximum absolute atomic E-state index is 13.3. The van der Waals surface area contributed by atoms with Crippen LogP contribution in [0.15, 0.2) is 61.3 Å². The molecule has 0 bridgehead atoms. The summed E-state index contributed by atoms with van der Waals surface area (Å²) in [5, 5.41) is 0. The van der Waals surface area contributed by atoms with E-state index in [1.807, 2.05) is 28.2 Å². The SMILES string of the molecule is C[C@H]1CN(c2ccc(C(F)(F)F)cc2)C(=O)c2c(-c3cn4ccnc4cn3)ccn21. The Morgan fingerprint density at radius 2 is 1.83 bits per heavy atom. The Labute approximate surface area is 169 Å². The van der Waals surface area contributed by atoms with Crippen LogP contribution in [0.5, 0.6) is 0 Å². The highest BCUT2D eigenvalue weighted by Crippen LogP contribution is 2.35. The summed E-state index contributed by atoms with van der Waals surface area (Å²) in [4.78, 5) is 23.5. The summed E-state index contributed by atoms with van der Waals surface area (Å²) in [5.41, 5.74) is 2.11. The van der Waals surface area contributed by atoms with Gasteiger partial charge in [-0.05, 0) is 37.3 Å². The first-order chi connectivity index (χ1) is 14.3. The fourth-order valence-electron chi connectivity index (χ4n) is 3.83. The van der Waals surface area contributed by atoms with E-state index in [-0.39, 0.29) is 11.9 Å². The summed E-state index contributed by atoms with van der Waals surface area (Å²) in [6, 6.07) is 6.45. The highest BCUT2D eigenvalue weighted by atomic mass is 19.4. The molecule has 9 heteroatoms. The largest absolute Gasteiger partial charge is 0.416 e. The molecule has 0 saturated carbocycles. The Morgan fingerprint density at radius 1 is 1.07 bits per heavy atom. The van der Waals surface area contributed by atoms with Crippen LogP contribution in [-0.4, -0.2) is 31.4 Å². The second-order valence-corrected chi connectivity index (χ2v) is 7.26. The minimum Gasteiger partial charge on any atom is -0.338 e. The molecule has 0 N–H and O–H groups in total. The monoisotopic (exact) mass is 411 g/mol. The fourth-order valence-corrected chi connectivity index (χ4v) is 3.83. The molecule has 152 valence electrons. The van der Waals surface area contributed by atoms with Crippen LogP contribution in [0, 0.1) is 0 Å². The van der Waals surface area contributed by atoms with E-state index in [2.05, 4.69) is 9.97 Å². The number of fused-ring (bicyclic) bond motifs is 2. The van der Waals surface area contributed by atoms with Gasteiger partial charge in [0.1, 0.15) is 5.69 Å². The molecule has 6 nitrogen and oxygen atoms in total. The number of hydrogen-bond acceptors (Lipinski definition) is 3. The number of alkyl halides is 3. The lowest BCUT2D eigenvalue weighted by molar-refractivity contribution is -0.137. The van der Waals surface area contributed by atoms with E-state index in [0.29, 0.717) is 34.8 Å². The number of anilines is 1. The molecule has 30 heavy (non-hydrogen) atoms. The van der Waals surface area contributed by atoms with Gasteiger partial charge in [0.05, 0.1) is 17.5 Å². The highest BCUT2D eigenvalue weighted by Gasteiger charge is 2.34. The number of benzene rings is 1. The highest BCUT2D eigenvalue weighted by molar-refractivity contribution is 6.09. The molecule has 1 aliphatic heterocycles. The van der Waals surface area contributed by atoms with Crippen molar-refractivity contribution >= 4 is 17.2 Å². The number of imidazole rings is 1. The third-order valence-electron chi connectivity index (χ3n) is 5.35. The number of amides is 1. The van der Waals surface area contributed by atoms with Crippen LogP contribution >= 0.6 is 0 Å². The Balaban J connectivity index is 1.56. The van der Waals surface area contributed by atoms with Gasteiger partial charge in [-0.3, -0.25) is 9.78 Å². The molecule has 0 unspecified atom stereocenters. The summed E-state index contributed by atoms with van der Waals surface area (Å²) < 4.78 is 42.4. The molecule has 1 aliphatic rings. The van der Waals surface area contributed by atoms with Gasteiger partial charge in [-0.15, -0.1) is 0 Å². The number of carbonyl (C=O) groups is 1. The molecule has 0 fully saturated rings. The minimum atomic E-state index is -4.42. The second-order valence-electron chi connectivity index (χ2n) is 7.26. The number of nitrogens with zero attached hydrogens (tertiary/aromatic N) is 5. The molecule has 1 amide bonds. The van der Waals surface area contributed by atoms with Crippen molar-refractivity contribution in [2.24, 2.45) is 0 Å². The van der Waals surface area contributed by atoms with Crippen LogP contribution < -0.4 is 4.90 Å². The molecular formula is C21H16F3N5O. The summed E-state index contributed by atoms with van der Waals surface area (Å²) in [6.45, 7) is 2.32. The van der Waals surface area contributed by atoms with Gasteiger partial charge >= 0.3 is 6.18 Å². The van der Waals surface area contributed by atoms with Crippen molar-refractivity contribution in [2.45, 2.75) is 19.1 Å². The molecule has 3 aromatic heterocycles. The van der Waals surface area contributed by atoms with E-state index in [1.165, 1.54) is 17.0 Å². The van der Waals surface area contributed by atoms with Crippen LogP contribution in [0.25, 0.3) is 16.9 Å². The zero-order chi connectivity index (χ0) is 21.0. The zero-order valence-corrected chi connectivity index (χ0v) is 15.8. The molecular weight excluding hydrogens is 395 g/mol. The Morgan fingerprint density at radius 3 is 2.57 bits per heavy atom. The van der Waals surface area contributed by atoms with Crippen LogP contribution in [0.1, 0.15) is 29.0 Å². The number of halogens is 3. The van der Waals surface area contributed by atoms with Gasteiger partial charge in [0.2, 0.25) is 0 Å². The van der Waals surface area contributed by atoms with E-state index < -0.39 is 11.7 Å². The van der Waals surface area contributed by atoms with E-state index in [4.69, 9.17) is 0 Å². The van der Waals surface area contributed by atoms with E-state index >= 15 is 0 Å². The van der Waals surface area contributed by atoms with Gasteiger partial charge in [-0.1, -0.05) is 0 Å². The minimum absolute atomic E-state index is 0.0503. The molecule has 1 aromatic carbocycles. The molecule has 4 aromatic rings. The van der Waals surface area contributed by atoms with E-state index in [1.54, 1.807) is 24.8 Å². The topological polar surface area (TPSA) is 55.4 Å². The van der Waals surface area contributed by atoms with Gasteiger partial charge in [-0.25, -0.2) is 4.98 Å². The zero-order valence-electron chi connectivity index (χ0n) is 15.8. The molecule has 5 rings (SSSR count). The van der Waals surface area contributed by atoms with Crippen LogP contribution in [-0.2, 0) is 6.18 Å². The first-order valence-electron chi connectivity index (χ1n) is 9.32. The van der Waals surface area contributed by atoms with Crippen molar-refractivity contribution in [3.8, 4) is 11.3 Å². The standard InChI is InChI=1S/C21H16F3N5O/c1-13-11-29(15-4-2-14(3-5-15)21(22,23)24)20(30)19-16(6-8-28(13)19)17-12-27-9-7-25-18(27)10-26-17/h2-10,12-13H,11H2,1H3/t13-/m0/s1. The van der Waals surface area contributed by atoms with Crippen molar-refractivity contribution in [1.82, 2.24) is 18.9 Å². The van der Waals surface area contributed by atoms with Gasteiger partial charge in [-0.2, -0.15) is 13.2 Å². The molecule has 1 atom stereocenters. The van der Waals surface area contributed by atoms with Crippen LogP contribution in [0.4, 0.5) is 18.9 Å². The smallest absolute Gasteiger partial charge is 0.338 e. The third kappa shape index (κ3) is 2.85. The van der Waals surface area contributed by atoms with Crippen molar-refractivity contribution in [2.75, 3.05) is 11.4 Å². The van der Waals surface area contributed by atoms with Crippen molar-refractivity contribution in [3.63, 3.8) is 0 Å². The lowest BCUT2D eigenvalue weighted by Crippen LogP contribution is -2.42. The summed E-state index contributed by atoms with van der Waals surface area (Å²) >= 11 is 0. The number of rotatable bonds is 2. The first-order valence-corrected chi connectivity index (χ1v) is 9.32. The Hall–Kier alpha value is -3.62. The molecule has 0 saturated heterocycles.